The van der Waals surface area contributed by atoms with E-state index >= 15 is 0 Å². The fraction of sp³-hybridized carbons (Fsp3) is 0.407. The lowest BCUT2D eigenvalue weighted by Gasteiger charge is -2.28. The summed E-state index contributed by atoms with van der Waals surface area (Å²) in [4.78, 5) is 39.7. The average molecular weight is 543 g/mol. The summed E-state index contributed by atoms with van der Waals surface area (Å²) in [6, 6.07) is 12.6. The number of hydrogen-bond acceptors (Lipinski definition) is 8. The molecule has 39 heavy (non-hydrogen) atoms. The molecule has 0 saturated carbocycles. The van der Waals surface area contributed by atoms with Crippen LogP contribution in [0.1, 0.15) is 11.1 Å². The van der Waals surface area contributed by atoms with Gasteiger partial charge in [0.25, 0.3) is 0 Å². The first kappa shape index (κ1) is 29.5. The van der Waals surface area contributed by atoms with Crippen LogP contribution in [0.2, 0.25) is 0 Å². The smallest absolute Gasteiger partial charge is 0.411 e. The number of nitrogens with one attached hydrogen (secondary N) is 1. The minimum Gasteiger partial charge on any atom is -0.480 e. The summed E-state index contributed by atoms with van der Waals surface area (Å²) in [6.45, 7) is 2.72. The largest absolute Gasteiger partial charge is 0.480 e. The maximum absolute atomic E-state index is 13.0. The summed E-state index contributed by atoms with van der Waals surface area (Å²) in [5.74, 6) is -1.97. The summed E-state index contributed by atoms with van der Waals surface area (Å²) < 4.78 is 29.1. The molecule has 208 valence electrons. The number of anilines is 1. The van der Waals surface area contributed by atoms with Crippen LogP contribution in [-0.2, 0) is 36.8 Å². The number of carbonyl (C=O) groups is 3. The lowest BCUT2D eigenvalue weighted by molar-refractivity contribution is -0.145. The number of aliphatic carboxylic acids is 1. The van der Waals surface area contributed by atoms with E-state index in [9.17, 15) is 23.9 Å². The number of rotatable bonds is 13. The van der Waals surface area contributed by atoms with E-state index in [1.807, 2.05) is 0 Å². The highest BCUT2D eigenvalue weighted by atomic mass is 19.1. The van der Waals surface area contributed by atoms with Crippen molar-refractivity contribution in [1.82, 2.24) is 9.80 Å². The summed E-state index contributed by atoms with van der Waals surface area (Å²) in [7, 11) is 0. The molecule has 2 amide bonds. The van der Waals surface area contributed by atoms with E-state index < -0.39 is 24.6 Å². The van der Waals surface area contributed by atoms with Gasteiger partial charge in [-0.1, -0.05) is 24.3 Å². The van der Waals surface area contributed by atoms with Crippen LogP contribution < -0.4 is 5.32 Å². The Balaban J connectivity index is 1.47. The number of carboxylic acid groups (broad SMARTS) is 1. The molecule has 1 aliphatic heterocycles. The molecule has 0 aromatic heterocycles. The molecule has 1 heterocycles. The Labute approximate surface area is 225 Å². The summed E-state index contributed by atoms with van der Waals surface area (Å²) in [6.07, 6.45) is -0.881. The van der Waals surface area contributed by atoms with Crippen LogP contribution in [0.4, 0.5) is 14.9 Å². The minimum atomic E-state index is -1.39. The first-order valence-corrected chi connectivity index (χ1v) is 12.4. The number of morpholine rings is 1. The zero-order valence-corrected chi connectivity index (χ0v) is 21.4. The van der Waals surface area contributed by atoms with E-state index in [0.717, 1.165) is 18.0 Å². The highest BCUT2D eigenvalue weighted by Crippen LogP contribution is 2.13. The van der Waals surface area contributed by atoms with Crippen LogP contribution in [0.15, 0.2) is 48.5 Å². The molecule has 0 spiro atoms. The third kappa shape index (κ3) is 9.97. The van der Waals surface area contributed by atoms with Crippen LogP contribution in [0, 0.1) is 17.1 Å². The molecule has 1 atom stereocenters. The lowest BCUT2D eigenvalue weighted by atomic mass is 10.1. The minimum absolute atomic E-state index is 0.0794. The lowest BCUT2D eigenvalue weighted by Crippen LogP contribution is -2.48. The molecule has 2 N–H and O–H groups in total. The van der Waals surface area contributed by atoms with Gasteiger partial charge in [-0.05, 0) is 35.4 Å². The number of nitriles is 1. The predicted octanol–water partition coefficient (Wildman–Crippen LogP) is 2.27. The molecular weight excluding hydrogens is 511 g/mol. The first-order chi connectivity index (χ1) is 18.9. The third-order valence-electron chi connectivity index (χ3n) is 5.95. The van der Waals surface area contributed by atoms with Gasteiger partial charge in [-0.3, -0.25) is 14.6 Å². The number of halogens is 1. The number of hydrogen-bond donors (Lipinski definition) is 2. The van der Waals surface area contributed by atoms with Gasteiger partial charge in [-0.2, -0.15) is 5.26 Å². The number of ether oxygens (including phenoxy) is 3. The molecule has 1 aliphatic rings. The van der Waals surface area contributed by atoms with Gasteiger partial charge in [0.15, 0.2) is 6.04 Å². The zero-order valence-electron chi connectivity index (χ0n) is 21.4. The van der Waals surface area contributed by atoms with E-state index in [-0.39, 0.29) is 38.0 Å². The molecule has 0 radical (unpaired) electrons. The van der Waals surface area contributed by atoms with Crippen molar-refractivity contribution in [2.24, 2.45) is 0 Å². The first-order valence-electron chi connectivity index (χ1n) is 12.4. The summed E-state index contributed by atoms with van der Waals surface area (Å²) >= 11 is 0. The maximum Gasteiger partial charge on any atom is 0.411 e. The van der Waals surface area contributed by atoms with Gasteiger partial charge in [0.1, 0.15) is 19.0 Å². The topological polar surface area (TPSA) is 141 Å². The highest BCUT2D eigenvalue weighted by molar-refractivity contribution is 5.92. The van der Waals surface area contributed by atoms with Gasteiger partial charge in [0, 0.05) is 25.3 Å². The van der Waals surface area contributed by atoms with Gasteiger partial charge in [0.2, 0.25) is 5.91 Å². The van der Waals surface area contributed by atoms with Crippen molar-refractivity contribution in [2.75, 3.05) is 57.9 Å². The SMILES string of the molecule is N#CCN(C(=O)OCc1ccc(NC(=O)Cc2ccc(F)cc2)cc1)C(COCCN1CCOCC1)C(=O)O. The normalized spacial score (nSPS) is 14.2. The highest BCUT2D eigenvalue weighted by Gasteiger charge is 2.31. The van der Waals surface area contributed by atoms with Gasteiger partial charge in [-0.15, -0.1) is 0 Å². The molecule has 3 rings (SSSR count). The number of amides is 2. The standard InChI is InChI=1S/C27H31FN4O7/c28-22-5-1-20(2-6-22)17-25(33)30-23-7-3-21(4-8-23)18-39-27(36)32(10-9-29)24(26(34)35)19-38-16-13-31-11-14-37-15-12-31/h1-8,24H,10-19H2,(H,30,33)(H,34,35). The van der Waals surface area contributed by atoms with Crippen molar-refractivity contribution < 1.29 is 38.1 Å². The van der Waals surface area contributed by atoms with E-state index in [1.165, 1.54) is 24.3 Å². The van der Waals surface area contributed by atoms with Gasteiger partial charge in [-0.25, -0.2) is 14.0 Å². The Kier molecular flexibility index (Phi) is 11.6. The zero-order chi connectivity index (χ0) is 28.0. The molecule has 1 fully saturated rings. The van der Waals surface area contributed by atoms with Crippen LogP contribution >= 0.6 is 0 Å². The Morgan fingerprint density at radius 1 is 1.10 bits per heavy atom. The van der Waals surface area contributed by atoms with Crippen molar-refractivity contribution >= 4 is 23.7 Å². The predicted molar refractivity (Wildman–Crippen MR) is 137 cm³/mol. The second-order valence-electron chi connectivity index (χ2n) is 8.77. The maximum atomic E-state index is 13.0. The van der Waals surface area contributed by atoms with Crippen LogP contribution in [0.25, 0.3) is 0 Å². The van der Waals surface area contributed by atoms with Gasteiger partial charge in [0.05, 0.1) is 38.9 Å². The van der Waals surface area contributed by atoms with Gasteiger partial charge >= 0.3 is 12.1 Å². The molecule has 2 aromatic rings. The molecule has 2 aromatic carbocycles. The number of carboxylic acids is 1. The van der Waals surface area contributed by atoms with E-state index in [0.29, 0.717) is 36.6 Å². The van der Waals surface area contributed by atoms with Crippen molar-refractivity contribution in [2.45, 2.75) is 19.1 Å². The second kappa shape index (κ2) is 15.4. The Bertz CT molecular complexity index is 1130. The molecular formula is C27H31FN4O7. The van der Waals surface area contributed by atoms with E-state index in [4.69, 9.17) is 19.5 Å². The quantitative estimate of drug-likeness (QED) is 0.288. The third-order valence-corrected chi connectivity index (χ3v) is 5.95. The fourth-order valence-electron chi connectivity index (χ4n) is 3.79. The van der Waals surface area contributed by atoms with E-state index in [1.54, 1.807) is 30.3 Å². The van der Waals surface area contributed by atoms with Crippen molar-refractivity contribution in [3.8, 4) is 6.07 Å². The number of carbonyl (C=O) groups excluding carboxylic acids is 2. The van der Waals surface area contributed by atoms with Crippen LogP contribution in [-0.4, -0.2) is 91.5 Å². The Morgan fingerprint density at radius 2 is 1.77 bits per heavy atom. The molecule has 0 aliphatic carbocycles. The summed E-state index contributed by atoms with van der Waals surface area (Å²) in [5.41, 5.74) is 1.77. The molecule has 11 nitrogen and oxygen atoms in total. The van der Waals surface area contributed by atoms with Gasteiger partial charge < -0.3 is 24.6 Å². The molecule has 1 saturated heterocycles. The average Bonchev–Trinajstić information content (AvgIpc) is 2.93. The van der Waals surface area contributed by atoms with E-state index in [2.05, 4.69) is 10.2 Å². The van der Waals surface area contributed by atoms with Crippen LogP contribution in [0.3, 0.4) is 0 Å². The Morgan fingerprint density at radius 3 is 2.41 bits per heavy atom. The second-order valence-corrected chi connectivity index (χ2v) is 8.77. The molecule has 1 unspecified atom stereocenters. The number of nitrogens with zero attached hydrogens (tertiary/aromatic N) is 3. The van der Waals surface area contributed by atoms with Crippen molar-refractivity contribution in [3.05, 3.63) is 65.5 Å². The summed E-state index contributed by atoms with van der Waals surface area (Å²) in [5, 5.41) is 21.5. The van der Waals surface area contributed by atoms with Crippen molar-refractivity contribution in [1.29, 1.82) is 5.26 Å². The number of benzene rings is 2. The van der Waals surface area contributed by atoms with Crippen LogP contribution in [0.5, 0.6) is 0 Å². The Hall–Kier alpha value is -4.05. The monoisotopic (exact) mass is 542 g/mol. The molecule has 0 bridgehead atoms. The fourth-order valence-corrected chi connectivity index (χ4v) is 3.79. The van der Waals surface area contributed by atoms with Crippen molar-refractivity contribution in [3.63, 3.8) is 0 Å². The molecule has 12 heteroatoms.